The lowest BCUT2D eigenvalue weighted by molar-refractivity contribution is 0.0961. The number of hydrogen-bond donors (Lipinski definition) is 1. The molecule has 1 N–H and O–H groups in total. The van der Waals surface area contributed by atoms with Crippen LogP contribution in [0.25, 0.3) is 0 Å². The predicted octanol–water partition coefficient (Wildman–Crippen LogP) is 1.51. The SMILES string of the molecule is C=C/C=C(\C=C)Cn1cccc(C(=O)NC)c1=O. The Labute approximate surface area is 106 Å². The van der Waals surface area contributed by atoms with Crippen LogP contribution in [0.1, 0.15) is 10.4 Å². The summed E-state index contributed by atoms with van der Waals surface area (Å²) in [5, 5.41) is 2.44. The summed E-state index contributed by atoms with van der Waals surface area (Å²) < 4.78 is 1.46. The van der Waals surface area contributed by atoms with Gasteiger partial charge in [-0.3, -0.25) is 9.59 Å². The number of allylic oxidation sites excluding steroid dienone is 4. The van der Waals surface area contributed by atoms with E-state index in [1.54, 1.807) is 30.5 Å². The van der Waals surface area contributed by atoms with Gasteiger partial charge in [-0.1, -0.05) is 31.4 Å². The smallest absolute Gasteiger partial charge is 0.263 e. The first-order valence-corrected chi connectivity index (χ1v) is 5.49. The van der Waals surface area contributed by atoms with Crippen LogP contribution in [-0.2, 0) is 6.54 Å². The summed E-state index contributed by atoms with van der Waals surface area (Å²) in [5.74, 6) is -0.387. The molecule has 0 bridgehead atoms. The number of pyridine rings is 1. The second-order valence-corrected chi connectivity index (χ2v) is 3.62. The van der Waals surface area contributed by atoms with Gasteiger partial charge in [0.05, 0.1) is 6.54 Å². The van der Waals surface area contributed by atoms with Crippen molar-refractivity contribution in [2.24, 2.45) is 0 Å². The van der Waals surface area contributed by atoms with Crippen LogP contribution in [0.5, 0.6) is 0 Å². The van der Waals surface area contributed by atoms with Gasteiger partial charge in [0.2, 0.25) is 0 Å². The van der Waals surface area contributed by atoms with Crippen LogP contribution in [0.15, 0.2) is 60.1 Å². The van der Waals surface area contributed by atoms with E-state index in [0.717, 1.165) is 5.57 Å². The van der Waals surface area contributed by atoms with Gasteiger partial charge in [0.25, 0.3) is 11.5 Å². The van der Waals surface area contributed by atoms with Crippen molar-refractivity contribution >= 4 is 5.91 Å². The van der Waals surface area contributed by atoms with E-state index >= 15 is 0 Å². The van der Waals surface area contributed by atoms with Crippen LogP contribution in [-0.4, -0.2) is 17.5 Å². The van der Waals surface area contributed by atoms with E-state index in [4.69, 9.17) is 0 Å². The molecule has 0 atom stereocenters. The average molecular weight is 244 g/mol. The lowest BCUT2D eigenvalue weighted by Gasteiger charge is -2.07. The van der Waals surface area contributed by atoms with Gasteiger partial charge in [-0.2, -0.15) is 0 Å². The molecule has 4 heteroatoms. The molecule has 1 aromatic rings. The summed E-state index contributed by atoms with van der Waals surface area (Å²) in [4.78, 5) is 23.5. The maximum absolute atomic E-state index is 12.0. The van der Waals surface area contributed by atoms with Gasteiger partial charge in [0, 0.05) is 13.2 Å². The minimum atomic E-state index is -0.387. The summed E-state index contributed by atoms with van der Waals surface area (Å²) in [5.41, 5.74) is 0.650. The molecule has 0 radical (unpaired) electrons. The van der Waals surface area contributed by atoms with Crippen LogP contribution in [0.3, 0.4) is 0 Å². The quantitative estimate of drug-likeness (QED) is 0.798. The molecular weight excluding hydrogens is 228 g/mol. The Morgan fingerprint density at radius 3 is 2.78 bits per heavy atom. The highest BCUT2D eigenvalue weighted by molar-refractivity contribution is 5.93. The maximum atomic E-state index is 12.0. The molecule has 1 rings (SSSR count). The van der Waals surface area contributed by atoms with Crippen molar-refractivity contribution in [2.75, 3.05) is 7.05 Å². The molecule has 0 spiro atoms. The van der Waals surface area contributed by atoms with Gasteiger partial charge in [0.15, 0.2) is 0 Å². The maximum Gasteiger partial charge on any atom is 0.263 e. The van der Waals surface area contributed by atoms with Crippen molar-refractivity contribution < 1.29 is 4.79 Å². The summed E-state index contributed by atoms with van der Waals surface area (Å²) in [6, 6.07) is 3.17. The molecular formula is C14H16N2O2. The topological polar surface area (TPSA) is 51.1 Å². The Balaban J connectivity index is 3.16. The molecule has 4 nitrogen and oxygen atoms in total. The largest absolute Gasteiger partial charge is 0.355 e. The predicted molar refractivity (Wildman–Crippen MR) is 72.6 cm³/mol. The molecule has 0 saturated heterocycles. The third-order valence-electron chi connectivity index (χ3n) is 2.44. The summed E-state index contributed by atoms with van der Waals surface area (Å²) in [6.07, 6.45) is 6.69. The molecule has 0 saturated carbocycles. The average Bonchev–Trinajstić information content (AvgIpc) is 2.39. The highest BCUT2D eigenvalue weighted by Crippen LogP contribution is 2.01. The standard InChI is InChI=1S/C14H16N2O2/c1-4-7-11(5-2)10-16-9-6-8-12(14(16)18)13(17)15-3/h4-9H,1-2,10H2,3H3,(H,15,17)/b11-7+. The van der Waals surface area contributed by atoms with E-state index in [1.165, 1.54) is 17.7 Å². The summed E-state index contributed by atoms with van der Waals surface area (Å²) in [7, 11) is 1.49. The van der Waals surface area contributed by atoms with Crippen LogP contribution in [0, 0.1) is 0 Å². The number of amides is 1. The monoisotopic (exact) mass is 244 g/mol. The second-order valence-electron chi connectivity index (χ2n) is 3.62. The lowest BCUT2D eigenvalue weighted by Crippen LogP contribution is -2.31. The van der Waals surface area contributed by atoms with Crippen molar-refractivity contribution in [3.8, 4) is 0 Å². The van der Waals surface area contributed by atoms with E-state index in [2.05, 4.69) is 18.5 Å². The number of nitrogens with one attached hydrogen (secondary N) is 1. The van der Waals surface area contributed by atoms with Crippen molar-refractivity contribution in [2.45, 2.75) is 6.54 Å². The van der Waals surface area contributed by atoms with E-state index in [-0.39, 0.29) is 17.0 Å². The van der Waals surface area contributed by atoms with Crippen LogP contribution < -0.4 is 10.9 Å². The zero-order chi connectivity index (χ0) is 13.5. The van der Waals surface area contributed by atoms with Gasteiger partial charge < -0.3 is 9.88 Å². The van der Waals surface area contributed by atoms with Crippen molar-refractivity contribution in [1.82, 2.24) is 9.88 Å². The molecule has 0 fully saturated rings. The lowest BCUT2D eigenvalue weighted by atomic mass is 10.2. The fraction of sp³-hybridized carbons (Fsp3) is 0.143. The van der Waals surface area contributed by atoms with Gasteiger partial charge in [-0.25, -0.2) is 0 Å². The Hall–Kier alpha value is -2.36. The molecule has 0 unspecified atom stereocenters. The number of hydrogen-bond acceptors (Lipinski definition) is 2. The fourth-order valence-electron chi connectivity index (χ4n) is 1.50. The number of nitrogens with zero attached hydrogens (tertiary/aromatic N) is 1. The molecule has 1 amide bonds. The molecule has 94 valence electrons. The highest BCUT2D eigenvalue weighted by atomic mass is 16.2. The van der Waals surface area contributed by atoms with Gasteiger partial charge in [-0.15, -0.1) is 0 Å². The Morgan fingerprint density at radius 2 is 2.22 bits per heavy atom. The molecule has 0 aliphatic rings. The first-order valence-electron chi connectivity index (χ1n) is 5.49. The summed E-state index contributed by atoms with van der Waals surface area (Å²) in [6.45, 7) is 7.62. The first kappa shape index (κ1) is 13.7. The normalized spacial score (nSPS) is 10.8. The van der Waals surface area contributed by atoms with Gasteiger partial charge >= 0.3 is 0 Å². The Bertz CT molecular complexity index is 553. The number of carbonyl (C=O) groups excluding carboxylic acids is 1. The zero-order valence-electron chi connectivity index (χ0n) is 10.3. The first-order chi connectivity index (χ1) is 8.63. The van der Waals surface area contributed by atoms with E-state index in [1.807, 2.05) is 0 Å². The number of carbonyl (C=O) groups is 1. The Morgan fingerprint density at radius 1 is 1.50 bits per heavy atom. The molecule has 0 aliphatic carbocycles. The van der Waals surface area contributed by atoms with Crippen LogP contribution in [0.4, 0.5) is 0 Å². The van der Waals surface area contributed by atoms with E-state index < -0.39 is 0 Å². The van der Waals surface area contributed by atoms with Gasteiger partial charge in [0.1, 0.15) is 5.56 Å². The van der Waals surface area contributed by atoms with Crippen molar-refractivity contribution in [3.05, 3.63) is 71.2 Å². The molecule has 18 heavy (non-hydrogen) atoms. The fourth-order valence-corrected chi connectivity index (χ4v) is 1.50. The van der Waals surface area contributed by atoms with Crippen molar-refractivity contribution in [3.63, 3.8) is 0 Å². The van der Waals surface area contributed by atoms with Crippen LogP contribution in [0.2, 0.25) is 0 Å². The second kappa shape index (κ2) is 6.39. The molecule has 0 aliphatic heterocycles. The van der Waals surface area contributed by atoms with E-state index in [9.17, 15) is 9.59 Å². The van der Waals surface area contributed by atoms with Crippen LogP contribution >= 0.6 is 0 Å². The minimum absolute atomic E-state index is 0.127. The van der Waals surface area contributed by atoms with Gasteiger partial charge in [-0.05, 0) is 17.7 Å². The van der Waals surface area contributed by atoms with E-state index in [0.29, 0.717) is 6.54 Å². The van der Waals surface area contributed by atoms with Crippen molar-refractivity contribution in [1.29, 1.82) is 0 Å². The highest BCUT2D eigenvalue weighted by Gasteiger charge is 2.10. The number of rotatable bonds is 5. The molecule has 1 aromatic heterocycles. The summed E-state index contributed by atoms with van der Waals surface area (Å²) >= 11 is 0. The Kier molecular flexibility index (Phi) is 4.87. The molecule has 1 heterocycles. The third kappa shape index (κ3) is 3.07. The third-order valence-corrected chi connectivity index (χ3v) is 2.44. The molecule has 0 aromatic carbocycles. The zero-order valence-corrected chi connectivity index (χ0v) is 10.3. The number of aromatic nitrogens is 1. The minimum Gasteiger partial charge on any atom is -0.355 e.